The van der Waals surface area contributed by atoms with Crippen molar-refractivity contribution in [3.63, 3.8) is 0 Å². The third-order valence-electron chi connectivity index (χ3n) is 6.44. The van der Waals surface area contributed by atoms with E-state index in [1.807, 2.05) is 13.1 Å². The Kier molecular flexibility index (Phi) is 4.95. The summed E-state index contributed by atoms with van der Waals surface area (Å²) in [7, 11) is 4.05. The van der Waals surface area contributed by atoms with E-state index in [1.54, 1.807) is 4.90 Å². The second kappa shape index (κ2) is 7.77. The van der Waals surface area contributed by atoms with Crippen molar-refractivity contribution in [3.05, 3.63) is 65.7 Å². The van der Waals surface area contributed by atoms with Crippen LogP contribution in [0.25, 0.3) is 21.9 Å². The number of hydrogen-bond donors (Lipinski definition) is 0. The van der Waals surface area contributed by atoms with Crippen molar-refractivity contribution in [3.8, 4) is 16.9 Å². The summed E-state index contributed by atoms with van der Waals surface area (Å²) in [5, 5.41) is 2.39. The summed E-state index contributed by atoms with van der Waals surface area (Å²) in [6.07, 6.45) is 2.48. The predicted octanol–water partition coefficient (Wildman–Crippen LogP) is 4.81. The highest BCUT2D eigenvalue weighted by Gasteiger charge is 2.24. The molecule has 0 spiro atoms. The summed E-state index contributed by atoms with van der Waals surface area (Å²) >= 11 is 0. The topological polar surface area (TPSA) is 32.8 Å². The SMILES string of the molecule is CN1CCCC(COc2cc(-c3ccc4c(c3)CN(C)C4=O)c3ccccc3c2)C1. The minimum atomic E-state index is 0.107. The van der Waals surface area contributed by atoms with Crippen LogP contribution in [-0.4, -0.2) is 49.5 Å². The van der Waals surface area contributed by atoms with E-state index in [0.29, 0.717) is 12.5 Å². The fourth-order valence-electron chi connectivity index (χ4n) is 4.86. The van der Waals surface area contributed by atoms with Gasteiger partial charge < -0.3 is 14.5 Å². The van der Waals surface area contributed by atoms with Gasteiger partial charge in [0.2, 0.25) is 0 Å². The molecule has 1 amide bonds. The molecular formula is C26H28N2O2. The number of ether oxygens (including phenoxy) is 1. The molecule has 0 aromatic heterocycles. The number of carbonyl (C=O) groups excluding carboxylic acids is 1. The van der Waals surface area contributed by atoms with Crippen molar-refractivity contribution < 1.29 is 9.53 Å². The second-order valence-electron chi connectivity index (χ2n) is 8.81. The lowest BCUT2D eigenvalue weighted by molar-refractivity contribution is 0.0816. The lowest BCUT2D eigenvalue weighted by Crippen LogP contribution is -2.34. The largest absolute Gasteiger partial charge is 0.493 e. The second-order valence-corrected chi connectivity index (χ2v) is 8.81. The highest BCUT2D eigenvalue weighted by atomic mass is 16.5. The number of nitrogens with zero attached hydrogens (tertiary/aromatic N) is 2. The maximum atomic E-state index is 12.3. The molecule has 4 heteroatoms. The average molecular weight is 401 g/mol. The van der Waals surface area contributed by atoms with Gasteiger partial charge in [0.05, 0.1) is 6.61 Å². The van der Waals surface area contributed by atoms with E-state index in [-0.39, 0.29) is 5.91 Å². The maximum Gasteiger partial charge on any atom is 0.254 e. The summed E-state index contributed by atoms with van der Waals surface area (Å²) < 4.78 is 6.30. The number of benzene rings is 3. The zero-order valence-corrected chi connectivity index (χ0v) is 17.7. The molecule has 30 heavy (non-hydrogen) atoms. The van der Waals surface area contributed by atoms with E-state index in [9.17, 15) is 4.79 Å². The van der Waals surface area contributed by atoms with Crippen LogP contribution in [0.3, 0.4) is 0 Å². The number of amides is 1. The molecule has 2 heterocycles. The minimum absolute atomic E-state index is 0.107. The molecule has 0 bridgehead atoms. The molecule has 5 rings (SSSR count). The molecule has 0 radical (unpaired) electrons. The van der Waals surface area contributed by atoms with Crippen LogP contribution in [0.4, 0.5) is 0 Å². The lowest BCUT2D eigenvalue weighted by atomic mass is 9.95. The molecule has 1 atom stereocenters. The van der Waals surface area contributed by atoms with Crippen LogP contribution in [0, 0.1) is 5.92 Å². The lowest BCUT2D eigenvalue weighted by Gasteiger charge is -2.29. The molecule has 0 aliphatic carbocycles. The number of rotatable bonds is 4. The molecule has 2 aliphatic rings. The van der Waals surface area contributed by atoms with E-state index >= 15 is 0 Å². The Balaban J connectivity index is 1.49. The Morgan fingerprint density at radius 3 is 2.77 bits per heavy atom. The van der Waals surface area contributed by atoms with Crippen LogP contribution < -0.4 is 4.74 Å². The molecular weight excluding hydrogens is 372 g/mol. The number of hydrogen-bond acceptors (Lipinski definition) is 3. The van der Waals surface area contributed by atoms with Gasteiger partial charge in [0, 0.05) is 31.6 Å². The van der Waals surface area contributed by atoms with Crippen LogP contribution in [0.15, 0.2) is 54.6 Å². The first kappa shape index (κ1) is 19.1. The molecule has 154 valence electrons. The maximum absolute atomic E-state index is 12.3. The van der Waals surface area contributed by atoms with Gasteiger partial charge in [0.15, 0.2) is 0 Å². The van der Waals surface area contributed by atoms with Crippen LogP contribution >= 0.6 is 0 Å². The molecule has 1 saturated heterocycles. The Morgan fingerprint density at radius 1 is 1.03 bits per heavy atom. The Labute approximate surface area is 178 Å². The van der Waals surface area contributed by atoms with Crippen LogP contribution in [0.5, 0.6) is 5.75 Å². The predicted molar refractivity (Wildman–Crippen MR) is 121 cm³/mol. The number of fused-ring (bicyclic) bond motifs is 2. The molecule has 2 aliphatic heterocycles. The van der Waals surface area contributed by atoms with Gasteiger partial charge in [-0.2, -0.15) is 0 Å². The van der Waals surface area contributed by atoms with Crippen LogP contribution in [-0.2, 0) is 6.54 Å². The van der Waals surface area contributed by atoms with Gasteiger partial charge in [-0.15, -0.1) is 0 Å². The Bertz CT molecular complexity index is 1110. The normalized spacial score (nSPS) is 19.3. The minimum Gasteiger partial charge on any atom is -0.493 e. The van der Waals surface area contributed by atoms with Crippen molar-refractivity contribution in [1.82, 2.24) is 9.80 Å². The van der Waals surface area contributed by atoms with Gasteiger partial charge in [0.25, 0.3) is 5.91 Å². The molecule has 1 fully saturated rings. The van der Waals surface area contributed by atoms with Gasteiger partial charge in [0.1, 0.15) is 5.75 Å². The average Bonchev–Trinajstić information content (AvgIpc) is 3.04. The van der Waals surface area contributed by atoms with E-state index in [0.717, 1.165) is 41.2 Å². The van der Waals surface area contributed by atoms with Gasteiger partial charge in [-0.25, -0.2) is 0 Å². The van der Waals surface area contributed by atoms with E-state index < -0.39 is 0 Å². The van der Waals surface area contributed by atoms with Gasteiger partial charge in [-0.3, -0.25) is 4.79 Å². The number of carbonyl (C=O) groups is 1. The first-order valence-electron chi connectivity index (χ1n) is 10.8. The molecule has 3 aromatic rings. The molecule has 4 nitrogen and oxygen atoms in total. The van der Waals surface area contributed by atoms with Crippen molar-refractivity contribution >= 4 is 16.7 Å². The Morgan fingerprint density at radius 2 is 1.90 bits per heavy atom. The fourth-order valence-corrected chi connectivity index (χ4v) is 4.86. The van der Waals surface area contributed by atoms with Gasteiger partial charge in [-0.1, -0.05) is 30.3 Å². The summed E-state index contributed by atoms with van der Waals surface area (Å²) in [5.41, 5.74) is 4.21. The van der Waals surface area contributed by atoms with Crippen molar-refractivity contribution in [2.75, 3.05) is 33.8 Å². The third kappa shape index (κ3) is 3.56. The molecule has 3 aromatic carbocycles. The summed E-state index contributed by atoms with van der Waals surface area (Å²) in [6, 6.07) is 19.0. The highest BCUT2D eigenvalue weighted by molar-refractivity contribution is 6.01. The van der Waals surface area contributed by atoms with Crippen molar-refractivity contribution in [2.24, 2.45) is 5.92 Å². The fraction of sp³-hybridized carbons (Fsp3) is 0.346. The van der Waals surface area contributed by atoms with Gasteiger partial charge >= 0.3 is 0 Å². The summed E-state index contributed by atoms with van der Waals surface area (Å²) in [5.74, 6) is 1.61. The van der Waals surface area contributed by atoms with Crippen LogP contribution in [0.2, 0.25) is 0 Å². The van der Waals surface area contributed by atoms with Gasteiger partial charge in [-0.05, 0) is 78.2 Å². The van der Waals surface area contributed by atoms with Crippen molar-refractivity contribution in [1.29, 1.82) is 0 Å². The van der Waals surface area contributed by atoms with Crippen molar-refractivity contribution in [2.45, 2.75) is 19.4 Å². The standard InChI is InChI=1S/C26H28N2O2/c1-27-11-5-6-18(15-27)17-30-22-13-19-7-3-4-8-23(19)25(14-22)20-9-10-24-21(12-20)16-28(2)26(24)29/h3-4,7-10,12-14,18H,5-6,11,15-17H2,1-2H3. The quantitative estimate of drug-likeness (QED) is 0.630. The zero-order chi connectivity index (χ0) is 20.7. The molecule has 0 N–H and O–H groups in total. The zero-order valence-electron chi connectivity index (χ0n) is 17.7. The smallest absolute Gasteiger partial charge is 0.254 e. The molecule has 0 saturated carbocycles. The monoisotopic (exact) mass is 400 g/mol. The van der Waals surface area contributed by atoms with E-state index in [1.165, 1.54) is 30.2 Å². The first-order valence-corrected chi connectivity index (χ1v) is 10.8. The van der Waals surface area contributed by atoms with Crippen LogP contribution in [0.1, 0.15) is 28.8 Å². The first-order chi connectivity index (χ1) is 14.6. The van der Waals surface area contributed by atoms with E-state index in [2.05, 4.69) is 60.5 Å². The third-order valence-corrected chi connectivity index (χ3v) is 6.44. The summed E-state index contributed by atoms with van der Waals surface area (Å²) in [4.78, 5) is 16.4. The number of piperidine rings is 1. The highest BCUT2D eigenvalue weighted by Crippen LogP contribution is 2.35. The molecule has 1 unspecified atom stereocenters. The number of likely N-dealkylation sites (tertiary alicyclic amines) is 1. The van der Waals surface area contributed by atoms with E-state index in [4.69, 9.17) is 4.74 Å². The Hall–Kier alpha value is -2.85. The summed E-state index contributed by atoms with van der Waals surface area (Å²) in [6.45, 7) is 3.72.